The Morgan fingerprint density at radius 2 is 2.11 bits per heavy atom. The molecule has 3 rings (SSSR count). The van der Waals surface area contributed by atoms with E-state index < -0.39 is 0 Å². The Balaban J connectivity index is 2.28. The zero-order chi connectivity index (χ0) is 12.5. The van der Waals surface area contributed by atoms with E-state index >= 15 is 0 Å². The van der Waals surface area contributed by atoms with E-state index in [0.717, 1.165) is 32.6 Å². The summed E-state index contributed by atoms with van der Waals surface area (Å²) in [5, 5.41) is 8.24. The van der Waals surface area contributed by atoms with Crippen LogP contribution in [0, 0.1) is 0 Å². The van der Waals surface area contributed by atoms with Crippen molar-refractivity contribution < 1.29 is 0 Å². The van der Waals surface area contributed by atoms with Crippen molar-refractivity contribution in [2.24, 2.45) is 0 Å². The summed E-state index contributed by atoms with van der Waals surface area (Å²) in [4.78, 5) is 9.17. The van der Waals surface area contributed by atoms with Gasteiger partial charge in [0.1, 0.15) is 5.82 Å². The highest BCUT2D eigenvalue weighted by Gasteiger charge is 2.09. The number of thiophene rings is 1. The summed E-state index contributed by atoms with van der Waals surface area (Å²) in [6, 6.07) is 8.05. The summed E-state index contributed by atoms with van der Waals surface area (Å²) in [7, 11) is 1.88. The molecule has 3 aromatic rings. The molecular weight excluding hydrogens is 310 g/mol. The lowest BCUT2D eigenvalue weighted by Crippen LogP contribution is -1.98. The van der Waals surface area contributed by atoms with Gasteiger partial charge in [0, 0.05) is 27.9 Å². The third-order valence-corrected chi connectivity index (χ3v) is 3.85. The maximum Gasteiger partial charge on any atom is 0.162 e. The van der Waals surface area contributed by atoms with Crippen LogP contribution in [0.2, 0.25) is 0 Å². The Hall–Kier alpha value is -1.46. The lowest BCUT2D eigenvalue weighted by Gasteiger charge is -2.07. The Morgan fingerprint density at radius 3 is 2.83 bits per heavy atom. The molecule has 2 heterocycles. The number of nitrogens with zero attached hydrogens (tertiary/aromatic N) is 2. The molecule has 0 atom stereocenters. The third kappa shape index (κ3) is 2.00. The number of benzene rings is 1. The molecule has 0 aliphatic carbocycles. The minimum absolute atomic E-state index is 0.760. The first-order valence-corrected chi connectivity index (χ1v) is 7.19. The molecule has 0 aliphatic rings. The molecule has 0 saturated heterocycles. The van der Waals surface area contributed by atoms with Crippen molar-refractivity contribution in [1.29, 1.82) is 0 Å². The Morgan fingerprint density at radius 1 is 1.22 bits per heavy atom. The van der Waals surface area contributed by atoms with Crippen molar-refractivity contribution in [1.82, 2.24) is 9.97 Å². The van der Waals surface area contributed by atoms with Crippen LogP contribution < -0.4 is 5.32 Å². The van der Waals surface area contributed by atoms with Crippen LogP contribution in [0.1, 0.15) is 0 Å². The average Bonchev–Trinajstić information content (AvgIpc) is 2.91. The molecule has 0 bridgehead atoms. The van der Waals surface area contributed by atoms with Crippen LogP contribution in [-0.2, 0) is 0 Å². The summed E-state index contributed by atoms with van der Waals surface area (Å²) in [5.74, 6) is 1.61. The fourth-order valence-corrected chi connectivity index (χ4v) is 2.81. The van der Waals surface area contributed by atoms with Crippen molar-refractivity contribution in [3.63, 3.8) is 0 Å². The van der Waals surface area contributed by atoms with Crippen LogP contribution in [0.4, 0.5) is 5.82 Å². The van der Waals surface area contributed by atoms with Gasteiger partial charge in [-0.1, -0.05) is 15.9 Å². The quantitative estimate of drug-likeness (QED) is 0.770. The Bertz CT molecular complexity index is 695. The lowest BCUT2D eigenvalue weighted by molar-refractivity contribution is 1.22. The fourth-order valence-electron chi connectivity index (χ4n) is 1.81. The van der Waals surface area contributed by atoms with Crippen LogP contribution >= 0.6 is 27.3 Å². The molecule has 0 fully saturated rings. The maximum atomic E-state index is 4.60. The third-order valence-electron chi connectivity index (χ3n) is 2.67. The first-order chi connectivity index (χ1) is 8.78. The van der Waals surface area contributed by atoms with Crippen molar-refractivity contribution in [3.8, 4) is 11.4 Å². The summed E-state index contributed by atoms with van der Waals surface area (Å²) < 4.78 is 1.03. The van der Waals surface area contributed by atoms with E-state index in [1.54, 1.807) is 11.3 Å². The van der Waals surface area contributed by atoms with Gasteiger partial charge in [0.15, 0.2) is 5.82 Å². The summed E-state index contributed by atoms with van der Waals surface area (Å²) in [6.45, 7) is 0. The highest BCUT2D eigenvalue weighted by Crippen LogP contribution is 2.27. The van der Waals surface area contributed by atoms with Gasteiger partial charge in [-0.25, -0.2) is 9.97 Å². The number of halogens is 1. The normalized spacial score (nSPS) is 10.8. The van der Waals surface area contributed by atoms with Crippen LogP contribution in [0.5, 0.6) is 0 Å². The Labute approximate surface area is 117 Å². The van der Waals surface area contributed by atoms with Gasteiger partial charge in [-0.3, -0.25) is 0 Å². The van der Waals surface area contributed by atoms with E-state index in [1.807, 2.05) is 36.7 Å². The standard InChI is InChI=1S/C13H10BrN3S/c1-15-13-10-6-9(14)2-3-11(10)16-12(17-13)8-4-5-18-7-8/h2-7H,1H3,(H,15,16,17). The fraction of sp³-hybridized carbons (Fsp3) is 0.0769. The van der Waals surface area contributed by atoms with Gasteiger partial charge in [-0.2, -0.15) is 11.3 Å². The molecule has 0 aliphatic heterocycles. The van der Waals surface area contributed by atoms with E-state index in [1.165, 1.54) is 0 Å². The highest BCUT2D eigenvalue weighted by molar-refractivity contribution is 9.10. The lowest BCUT2D eigenvalue weighted by atomic mass is 10.2. The summed E-state index contributed by atoms with van der Waals surface area (Å²) in [5.41, 5.74) is 2.00. The first-order valence-electron chi connectivity index (χ1n) is 5.45. The number of hydrogen-bond donors (Lipinski definition) is 1. The van der Waals surface area contributed by atoms with Crippen LogP contribution in [0.3, 0.4) is 0 Å². The molecule has 90 valence electrons. The van der Waals surface area contributed by atoms with Gasteiger partial charge >= 0.3 is 0 Å². The molecule has 0 saturated carbocycles. The van der Waals surface area contributed by atoms with Gasteiger partial charge in [0.25, 0.3) is 0 Å². The molecule has 2 aromatic heterocycles. The predicted octanol–water partition coefficient (Wildman–Crippen LogP) is 4.16. The van der Waals surface area contributed by atoms with Gasteiger partial charge in [0.2, 0.25) is 0 Å². The molecule has 0 spiro atoms. The molecule has 0 unspecified atom stereocenters. The number of aromatic nitrogens is 2. The maximum absolute atomic E-state index is 4.60. The molecule has 3 nitrogen and oxygen atoms in total. The second-order valence-electron chi connectivity index (χ2n) is 3.82. The summed E-state index contributed by atoms with van der Waals surface area (Å²) >= 11 is 5.12. The molecule has 5 heteroatoms. The average molecular weight is 320 g/mol. The molecule has 0 radical (unpaired) electrons. The van der Waals surface area contributed by atoms with Crippen LogP contribution in [0.25, 0.3) is 22.3 Å². The molecular formula is C13H10BrN3S. The van der Waals surface area contributed by atoms with E-state index in [0.29, 0.717) is 0 Å². The summed E-state index contributed by atoms with van der Waals surface area (Å²) in [6.07, 6.45) is 0. The Kier molecular flexibility index (Phi) is 3.01. The van der Waals surface area contributed by atoms with Gasteiger partial charge in [0.05, 0.1) is 5.52 Å². The second-order valence-corrected chi connectivity index (χ2v) is 5.52. The zero-order valence-corrected chi connectivity index (χ0v) is 12.0. The van der Waals surface area contributed by atoms with Gasteiger partial charge in [-0.05, 0) is 29.6 Å². The zero-order valence-electron chi connectivity index (χ0n) is 9.64. The van der Waals surface area contributed by atoms with Crippen molar-refractivity contribution in [3.05, 3.63) is 39.5 Å². The minimum atomic E-state index is 0.760. The van der Waals surface area contributed by atoms with Crippen molar-refractivity contribution >= 4 is 44.0 Å². The van der Waals surface area contributed by atoms with Gasteiger partial charge < -0.3 is 5.32 Å². The van der Waals surface area contributed by atoms with E-state index in [9.17, 15) is 0 Å². The number of rotatable bonds is 2. The largest absolute Gasteiger partial charge is 0.373 e. The van der Waals surface area contributed by atoms with Crippen LogP contribution in [0.15, 0.2) is 39.5 Å². The van der Waals surface area contributed by atoms with E-state index in [4.69, 9.17) is 0 Å². The number of hydrogen-bond acceptors (Lipinski definition) is 4. The van der Waals surface area contributed by atoms with Crippen LogP contribution in [-0.4, -0.2) is 17.0 Å². The van der Waals surface area contributed by atoms with Crippen molar-refractivity contribution in [2.75, 3.05) is 12.4 Å². The second kappa shape index (κ2) is 4.66. The first kappa shape index (κ1) is 11.6. The molecule has 0 amide bonds. The number of fused-ring (bicyclic) bond motifs is 1. The monoisotopic (exact) mass is 319 g/mol. The van der Waals surface area contributed by atoms with Gasteiger partial charge in [-0.15, -0.1) is 0 Å². The van der Waals surface area contributed by atoms with Crippen molar-refractivity contribution in [2.45, 2.75) is 0 Å². The topological polar surface area (TPSA) is 37.8 Å². The number of anilines is 1. The minimum Gasteiger partial charge on any atom is -0.373 e. The molecule has 1 aromatic carbocycles. The predicted molar refractivity (Wildman–Crippen MR) is 80.1 cm³/mol. The molecule has 1 N–H and O–H groups in total. The number of nitrogens with one attached hydrogen (secondary N) is 1. The highest BCUT2D eigenvalue weighted by atomic mass is 79.9. The van der Waals surface area contributed by atoms with E-state index in [2.05, 4.69) is 36.6 Å². The smallest absolute Gasteiger partial charge is 0.162 e. The SMILES string of the molecule is CNc1nc(-c2ccsc2)nc2ccc(Br)cc12. The van der Waals surface area contributed by atoms with E-state index in [-0.39, 0.29) is 0 Å². The molecule has 18 heavy (non-hydrogen) atoms.